The average Bonchev–Trinajstić information content (AvgIpc) is 2.38. The molecular weight excluding hydrogens is 296 g/mol. The highest BCUT2D eigenvalue weighted by Crippen LogP contribution is 2.35. The van der Waals surface area contributed by atoms with Gasteiger partial charge in [0.2, 0.25) is 0 Å². The van der Waals surface area contributed by atoms with Crippen molar-refractivity contribution in [3.8, 4) is 11.5 Å². The summed E-state index contributed by atoms with van der Waals surface area (Å²) in [6.07, 6.45) is 0.672. The number of carbonyl (C=O) groups excluding carboxylic acids is 1. The molecule has 0 saturated heterocycles. The van der Waals surface area contributed by atoms with Crippen molar-refractivity contribution in [3.63, 3.8) is 0 Å². The van der Waals surface area contributed by atoms with Gasteiger partial charge in [0.25, 0.3) is 0 Å². The van der Waals surface area contributed by atoms with Crippen LogP contribution < -0.4 is 4.74 Å². The van der Waals surface area contributed by atoms with Crippen molar-refractivity contribution in [2.45, 2.75) is 6.61 Å². The highest BCUT2D eigenvalue weighted by molar-refractivity contribution is 9.10. The Kier molecular flexibility index (Phi) is 3.99. The molecule has 0 aliphatic heterocycles. The minimum absolute atomic E-state index is 0.0533. The third kappa shape index (κ3) is 2.90. The molecule has 0 aliphatic carbocycles. The average molecular weight is 307 g/mol. The molecule has 18 heavy (non-hydrogen) atoms. The van der Waals surface area contributed by atoms with E-state index >= 15 is 0 Å². The predicted molar refractivity (Wildman–Crippen MR) is 72.0 cm³/mol. The number of phenols is 1. The van der Waals surface area contributed by atoms with E-state index in [0.29, 0.717) is 28.7 Å². The van der Waals surface area contributed by atoms with Crippen LogP contribution >= 0.6 is 15.9 Å². The minimum Gasteiger partial charge on any atom is -0.504 e. The molecular formula is C14H11BrO3. The van der Waals surface area contributed by atoms with Crippen LogP contribution in [0.25, 0.3) is 0 Å². The van der Waals surface area contributed by atoms with Crippen LogP contribution in [-0.2, 0) is 6.61 Å². The van der Waals surface area contributed by atoms with Crippen LogP contribution in [0.3, 0.4) is 0 Å². The highest BCUT2D eigenvalue weighted by Gasteiger charge is 2.10. The van der Waals surface area contributed by atoms with Crippen molar-refractivity contribution in [1.82, 2.24) is 0 Å². The molecule has 0 aromatic heterocycles. The van der Waals surface area contributed by atoms with E-state index in [0.717, 1.165) is 5.56 Å². The summed E-state index contributed by atoms with van der Waals surface area (Å²) >= 11 is 3.27. The smallest absolute Gasteiger partial charge is 0.175 e. The Morgan fingerprint density at radius 3 is 2.56 bits per heavy atom. The van der Waals surface area contributed by atoms with Gasteiger partial charge >= 0.3 is 0 Å². The first-order valence-corrected chi connectivity index (χ1v) is 6.14. The number of halogens is 1. The van der Waals surface area contributed by atoms with Crippen LogP contribution in [-0.4, -0.2) is 11.4 Å². The molecule has 92 valence electrons. The van der Waals surface area contributed by atoms with Crippen molar-refractivity contribution in [2.24, 2.45) is 0 Å². The number of aromatic hydroxyl groups is 1. The molecule has 0 saturated carbocycles. The first-order valence-electron chi connectivity index (χ1n) is 5.35. The first kappa shape index (κ1) is 12.6. The van der Waals surface area contributed by atoms with Gasteiger partial charge in [-0.3, -0.25) is 4.79 Å². The lowest BCUT2D eigenvalue weighted by Crippen LogP contribution is -1.96. The van der Waals surface area contributed by atoms with Gasteiger partial charge in [-0.2, -0.15) is 0 Å². The Morgan fingerprint density at radius 2 is 1.94 bits per heavy atom. The molecule has 0 fully saturated rings. The predicted octanol–water partition coefficient (Wildman–Crippen LogP) is 3.55. The van der Waals surface area contributed by atoms with Crippen molar-refractivity contribution < 1.29 is 14.6 Å². The van der Waals surface area contributed by atoms with E-state index in [9.17, 15) is 9.90 Å². The second kappa shape index (κ2) is 5.69. The molecule has 2 rings (SSSR count). The molecule has 0 radical (unpaired) electrons. The van der Waals surface area contributed by atoms with Gasteiger partial charge in [-0.15, -0.1) is 0 Å². The molecule has 0 atom stereocenters. The largest absolute Gasteiger partial charge is 0.504 e. The Labute approximate surface area is 113 Å². The zero-order valence-electron chi connectivity index (χ0n) is 9.47. The van der Waals surface area contributed by atoms with Crippen molar-refractivity contribution in [3.05, 3.63) is 58.1 Å². The number of benzene rings is 2. The van der Waals surface area contributed by atoms with E-state index in [-0.39, 0.29) is 5.75 Å². The Hall–Kier alpha value is -1.81. The summed E-state index contributed by atoms with van der Waals surface area (Å²) in [5.74, 6) is 0.284. The molecule has 3 nitrogen and oxygen atoms in total. The van der Waals surface area contributed by atoms with Crippen LogP contribution in [0.1, 0.15) is 15.9 Å². The van der Waals surface area contributed by atoms with Crippen LogP contribution in [0.5, 0.6) is 11.5 Å². The Bertz CT molecular complexity index is 529. The van der Waals surface area contributed by atoms with Gasteiger partial charge in [-0.25, -0.2) is 0 Å². The second-order valence-corrected chi connectivity index (χ2v) is 4.60. The number of hydrogen-bond acceptors (Lipinski definition) is 3. The molecule has 2 aromatic rings. The van der Waals surface area contributed by atoms with Crippen molar-refractivity contribution in [2.75, 3.05) is 0 Å². The molecule has 4 heteroatoms. The summed E-state index contributed by atoms with van der Waals surface area (Å²) in [6.45, 7) is 0.355. The van der Waals surface area contributed by atoms with E-state index in [1.54, 1.807) is 6.07 Å². The van der Waals surface area contributed by atoms with Gasteiger partial charge in [-0.1, -0.05) is 30.3 Å². The van der Waals surface area contributed by atoms with Crippen molar-refractivity contribution in [1.29, 1.82) is 0 Å². The Morgan fingerprint density at radius 1 is 1.22 bits per heavy atom. The fourth-order valence-corrected chi connectivity index (χ4v) is 2.12. The van der Waals surface area contributed by atoms with Gasteiger partial charge in [0.15, 0.2) is 11.5 Å². The van der Waals surface area contributed by atoms with E-state index in [1.807, 2.05) is 30.3 Å². The monoisotopic (exact) mass is 306 g/mol. The van der Waals surface area contributed by atoms with Gasteiger partial charge in [0.1, 0.15) is 12.9 Å². The molecule has 0 spiro atoms. The van der Waals surface area contributed by atoms with Crippen LogP contribution in [0, 0.1) is 0 Å². The number of aldehydes is 1. The molecule has 0 bridgehead atoms. The fourth-order valence-electron chi connectivity index (χ4n) is 1.54. The zero-order valence-corrected chi connectivity index (χ0v) is 11.1. The number of phenolic OH excluding ortho intramolecular Hbond substituents is 1. The van der Waals surface area contributed by atoms with E-state index < -0.39 is 0 Å². The third-order valence-corrected chi connectivity index (χ3v) is 3.00. The van der Waals surface area contributed by atoms with Crippen LogP contribution in [0.15, 0.2) is 46.9 Å². The maximum absolute atomic E-state index is 10.6. The lowest BCUT2D eigenvalue weighted by Gasteiger charge is -2.10. The zero-order chi connectivity index (χ0) is 13.0. The SMILES string of the molecule is O=Cc1cc(O)c(OCc2ccccc2)c(Br)c1. The quantitative estimate of drug-likeness (QED) is 0.879. The molecule has 0 aliphatic rings. The number of ether oxygens (including phenoxy) is 1. The van der Waals surface area contributed by atoms with E-state index in [1.165, 1.54) is 6.07 Å². The number of hydrogen-bond donors (Lipinski definition) is 1. The van der Waals surface area contributed by atoms with E-state index in [4.69, 9.17) is 4.74 Å². The molecule has 0 heterocycles. The highest BCUT2D eigenvalue weighted by atomic mass is 79.9. The lowest BCUT2D eigenvalue weighted by molar-refractivity contribution is 0.112. The summed E-state index contributed by atoms with van der Waals surface area (Å²) in [5.41, 5.74) is 1.40. The second-order valence-electron chi connectivity index (χ2n) is 3.74. The number of rotatable bonds is 4. The first-order chi connectivity index (χ1) is 8.70. The van der Waals surface area contributed by atoms with E-state index in [2.05, 4.69) is 15.9 Å². The maximum atomic E-state index is 10.6. The summed E-state index contributed by atoms with van der Waals surface area (Å²) in [5, 5.41) is 9.77. The Balaban J connectivity index is 2.17. The molecule has 0 amide bonds. The number of carbonyl (C=O) groups is 1. The summed E-state index contributed by atoms with van der Waals surface area (Å²) in [6, 6.07) is 12.6. The van der Waals surface area contributed by atoms with Crippen LogP contribution in [0.4, 0.5) is 0 Å². The maximum Gasteiger partial charge on any atom is 0.175 e. The minimum atomic E-state index is -0.0533. The van der Waals surface area contributed by atoms with Crippen molar-refractivity contribution >= 4 is 22.2 Å². The van der Waals surface area contributed by atoms with Gasteiger partial charge < -0.3 is 9.84 Å². The molecule has 0 unspecified atom stereocenters. The summed E-state index contributed by atoms with van der Waals surface area (Å²) in [4.78, 5) is 10.6. The fraction of sp³-hybridized carbons (Fsp3) is 0.0714. The van der Waals surface area contributed by atoms with Gasteiger partial charge in [0, 0.05) is 5.56 Å². The van der Waals surface area contributed by atoms with Gasteiger partial charge in [-0.05, 0) is 33.6 Å². The normalized spacial score (nSPS) is 10.1. The summed E-state index contributed by atoms with van der Waals surface area (Å²) in [7, 11) is 0. The summed E-state index contributed by atoms with van der Waals surface area (Å²) < 4.78 is 6.10. The molecule has 1 N–H and O–H groups in total. The molecule has 2 aromatic carbocycles. The standard InChI is InChI=1S/C14H11BrO3/c15-12-6-11(8-16)7-13(17)14(12)18-9-10-4-2-1-3-5-10/h1-8,17H,9H2. The van der Waals surface area contributed by atoms with Gasteiger partial charge in [0.05, 0.1) is 4.47 Å². The topological polar surface area (TPSA) is 46.5 Å². The lowest BCUT2D eigenvalue weighted by atomic mass is 10.2. The van der Waals surface area contributed by atoms with Crippen LogP contribution in [0.2, 0.25) is 0 Å². The third-order valence-electron chi connectivity index (χ3n) is 2.41.